The molecule has 1 aromatic heterocycles. The van der Waals surface area contributed by atoms with E-state index in [0.717, 1.165) is 29.0 Å². The second-order valence-electron chi connectivity index (χ2n) is 4.12. The van der Waals surface area contributed by atoms with E-state index in [4.69, 9.17) is 11.6 Å². The fourth-order valence-corrected chi connectivity index (χ4v) is 2.51. The Hall–Kier alpha value is -0.990. The standard InChI is InChI=1S/C12H13ClN2/c13-10-2-1-3-11-9(10)6-12(15-11)8-4-5-14-7-8/h1-3,6,8,14-15H,4-5,7H2/t8-/m0/s1. The lowest BCUT2D eigenvalue weighted by Gasteiger charge is -2.03. The van der Waals surface area contributed by atoms with Crippen LogP contribution < -0.4 is 5.32 Å². The van der Waals surface area contributed by atoms with Crippen molar-refractivity contribution in [3.63, 3.8) is 0 Å². The molecule has 3 heteroatoms. The minimum absolute atomic E-state index is 0.619. The van der Waals surface area contributed by atoms with E-state index in [-0.39, 0.29) is 0 Å². The molecule has 3 rings (SSSR count). The first kappa shape index (κ1) is 9.25. The van der Waals surface area contributed by atoms with Gasteiger partial charge in [-0.05, 0) is 31.2 Å². The van der Waals surface area contributed by atoms with Gasteiger partial charge >= 0.3 is 0 Å². The van der Waals surface area contributed by atoms with Crippen LogP contribution >= 0.6 is 11.6 Å². The van der Waals surface area contributed by atoms with Gasteiger partial charge in [0, 0.05) is 34.1 Å². The molecule has 1 fully saturated rings. The number of rotatable bonds is 1. The average Bonchev–Trinajstić information content (AvgIpc) is 2.86. The van der Waals surface area contributed by atoms with Crippen LogP contribution in [0.1, 0.15) is 18.0 Å². The molecule has 0 spiro atoms. The number of aromatic nitrogens is 1. The largest absolute Gasteiger partial charge is 0.358 e. The van der Waals surface area contributed by atoms with Crippen LogP contribution in [0.3, 0.4) is 0 Å². The van der Waals surface area contributed by atoms with Crippen LogP contribution in [0.2, 0.25) is 5.02 Å². The van der Waals surface area contributed by atoms with Crippen LogP contribution in [0.25, 0.3) is 10.9 Å². The topological polar surface area (TPSA) is 27.8 Å². The number of aromatic amines is 1. The Bertz CT molecular complexity index is 483. The summed E-state index contributed by atoms with van der Waals surface area (Å²) in [4.78, 5) is 3.45. The molecule has 1 aliphatic heterocycles. The normalized spacial score (nSPS) is 21.3. The lowest BCUT2D eigenvalue weighted by Crippen LogP contribution is -2.07. The van der Waals surface area contributed by atoms with Crippen LogP contribution in [-0.4, -0.2) is 18.1 Å². The van der Waals surface area contributed by atoms with Gasteiger partial charge in [0.1, 0.15) is 0 Å². The van der Waals surface area contributed by atoms with Crippen molar-refractivity contribution < 1.29 is 0 Å². The molecule has 0 amide bonds. The second kappa shape index (κ2) is 3.54. The molecule has 0 saturated carbocycles. The first-order valence-electron chi connectivity index (χ1n) is 5.32. The Balaban J connectivity index is 2.09. The predicted molar refractivity (Wildman–Crippen MR) is 63.5 cm³/mol. The third-order valence-corrected chi connectivity index (χ3v) is 3.46. The number of benzene rings is 1. The van der Waals surface area contributed by atoms with Gasteiger partial charge in [-0.3, -0.25) is 0 Å². The number of hydrogen-bond acceptors (Lipinski definition) is 1. The minimum atomic E-state index is 0.619. The smallest absolute Gasteiger partial charge is 0.0499 e. The van der Waals surface area contributed by atoms with Gasteiger partial charge in [-0.1, -0.05) is 17.7 Å². The molecule has 1 atom stereocenters. The van der Waals surface area contributed by atoms with Gasteiger partial charge in [0.25, 0.3) is 0 Å². The van der Waals surface area contributed by atoms with E-state index in [0.29, 0.717) is 5.92 Å². The van der Waals surface area contributed by atoms with Gasteiger partial charge in [-0.25, -0.2) is 0 Å². The number of hydrogen-bond donors (Lipinski definition) is 2. The average molecular weight is 221 g/mol. The lowest BCUT2D eigenvalue weighted by atomic mass is 10.1. The zero-order chi connectivity index (χ0) is 10.3. The Morgan fingerprint density at radius 1 is 1.33 bits per heavy atom. The first-order valence-corrected chi connectivity index (χ1v) is 5.70. The summed E-state index contributed by atoms with van der Waals surface area (Å²) in [5.41, 5.74) is 2.45. The Morgan fingerprint density at radius 2 is 2.27 bits per heavy atom. The molecule has 1 aromatic carbocycles. The minimum Gasteiger partial charge on any atom is -0.358 e. The van der Waals surface area contributed by atoms with Crippen molar-refractivity contribution in [3.05, 3.63) is 35.0 Å². The summed E-state index contributed by atoms with van der Waals surface area (Å²) in [5.74, 6) is 0.619. The lowest BCUT2D eigenvalue weighted by molar-refractivity contribution is 0.743. The van der Waals surface area contributed by atoms with Crippen LogP contribution in [0.5, 0.6) is 0 Å². The van der Waals surface area contributed by atoms with Crippen molar-refractivity contribution in [1.29, 1.82) is 0 Å². The Morgan fingerprint density at radius 3 is 3.00 bits per heavy atom. The highest BCUT2D eigenvalue weighted by Crippen LogP contribution is 2.29. The summed E-state index contributed by atoms with van der Waals surface area (Å²) >= 11 is 6.14. The molecular formula is C12H13ClN2. The quantitative estimate of drug-likeness (QED) is 0.760. The number of fused-ring (bicyclic) bond motifs is 1. The zero-order valence-electron chi connectivity index (χ0n) is 8.39. The van der Waals surface area contributed by atoms with Crippen LogP contribution in [0.15, 0.2) is 24.3 Å². The maximum absolute atomic E-state index is 6.14. The van der Waals surface area contributed by atoms with E-state index >= 15 is 0 Å². The molecular weight excluding hydrogens is 208 g/mol. The molecule has 78 valence electrons. The van der Waals surface area contributed by atoms with E-state index in [1.807, 2.05) is 12.1 Å². The Labute approximate surface area is 93.6 Å². The highest BCUT2D eigenvalue weighted by molar-refractivity contribution is 6.35. The van der Waals surface area contributed by atoms with Crippen LogP contribution in [0, 0.1) is 0 Å². The highest BCUT2D eigenvalue weighted by Gasteiger charge is 2.18. The van der Waals surface area contributed by atoms with Crippen LogP contribution in [-0.2, 0) is 0 Å². The van der Waals surface area contributed by atoms with Crippen molar-refractivity contribution in [2.45, 2.75) is 12.3 Å². The SMILES string of the molecule is Clc1cccc2[nH]c([C@H]3CCNC3)cc12. The van der Waals surface area contributed by atoms with Gasteiger partial charge in [-0.2, -0.15) is 0 Å². The maximum Gasteiger partial charge on any atom is 0.0499 e. The number of H-pyrrole nitrogens is 1. The van der Waals surface area contributed by atoms with E-state index in [1.165, 1.54) is 12.1 Å². The van der Waals surface area contributed by atoms with Crippen molar-refractivity contribution in [1.82, 2.24) is 10.3 Å². The van der Waals surface area contributed by atoms with E-state index in [9.17, 15) is 0 Å². The summed E-state index contributed by atoms with van der Waals surface area (Å²) < 4.78 is 0. The third kappa shape index (κ3) is 1.54. The van der Waals surface area contributed by atoms with Crippen molar-refractivity contribution in [2.24, 2.45) is 0 Å². The van der Waals surface area contributed by atoms with Gasteiger partial charge in [0.05, 0.1) is 0 Å². The molecule has 2 heterocycles. The molecule has 15 heavy (non-hydrogen) atoms. The molecule has 0 radical (unpaired) electrons. The molecule has 2 N–H and O–H groups in total. The number of nitrogens with one attached hydrogen (secondary N) is 2. The number of halogens is 1. The molecule has 1 saturated heterocycles. The fourth-order valence-electron chi connectivity index (χ4n) is 2.28. The molecule has 2 aromatic rings. The second-order valence-corrected chi connectivity index (χ2v) is 4.52. The van der Waals surface area contributed by atoms with Gasteiger partial charge in [-0.15, -0.1) is 0 Å². The third-order valence-electron chi connectivity index (χ3n) is 3.13. The molecule has 0 aliphatic carbocycles. The first-order chi connectivity index (χ1) is 7.34. The van der Waals surface area contributed by atoms with Gasteiger partial charge in [0.15, 0.2) is 0 Å². The van der Waals surface area contributed by atoms with Gasteiger partial charge < -0.3 is 10.3 Å². The summed E-state index contributed by atoms with van der Waals surface area (Å²) in [6, 6.07) is 8.19. The molecule has 0 unspecified atom stereocenters. The van der Waals surface area contributed by atoms with Crippen LogP contribution in [0.4, 0.5) is 0 Å². The van der Waals surface area contributed by atoms with E-state index in [1.54, 1.807) is 0 Å². The monoisotopic (exact) mass is 220 g/mol. The fraction of sp³-hybridized carbons (Fsp3) is 0.333. The highest BCUT2D eigenvalue weighted by atomic mass is 35.5. The van der Waals surface area contributed by atoms with Gasteiger partial charge in [0.2, 0.25) is 0 Å². The van der Waals surface area contributed by atoms with Crippen molar-refractivity contribution in [3.8, 4) is 0 Å². The van der Waals surface area contributed by atoms with E-state index in [2.05, 4.69) is 22.4 Å². The molecule has 2 nitrogen and oxygen atoms in total. The molecule has 0 bridgehead atoms. The van der Waals surface area contributed by atoms with E-state index < -0.39 is 0 Å². The summed E-state index contributed by atoms with van der Waals surface area (Å²) in [5, 5.41) is 5.35. The summed E-state index contributed by atoms with van der Waals surface area (Å²) in [6.07, 6.45) is 1.21. The maximum atomic E-state index is 6.14. The molecule has 1 aliphatic rings. The summed E-state index contributed by atoms with van der Waals surface area (Å²) in [7, 11) is 0. The summed E-state index contributed by atoms with van der Waals surface area (Å²) in [6.45, 7) is 2.19. The van der Waals surface area contributed by atoms with Crippen molar-refractivity contribution >= 4 is 22.5 Å². The zero-order valence-corrected chi connectivity index (χ0v) is 9.14. The predicted octanol–water partition coefficient (Wildman–Crippen LogP) is 2.90. The Kier molecular flexibility index (Phi) is 2.19. The van der Waals surface area contributed by atoms with Crippen molar-refractivity contribution in [2.75, 3.05) is 13.1 Å².